The van der Waals surface area contributed by atoms with Crippen molar-refractivity contribution in [2.24, 2.45) is 0 Å². The number of halogens is 3. The molecule has 116 valence electrons. The standard InChI is InChI=1S/C15H7ClF2N2O3/c16-11-6-20(14-10(11)3-8(7-21)5-19-14)9-1-2-12-13(4-9)23-15(17,18)22-12/h1-7H. The topological polar surface area (TPSA) is 53.4 Å². The van der Waals surface area contributed by atoms with E-state index < -0.39 is 6.29 Å². The third-order valence-corrected chi connectivity index (χ3v) is 3.72. The molecule has 0 N–H and O–H groups in total. The van der Waals surface area contributed by atoms with E-state index in [0.717, 1.165) is 0 Å². The number of carbonyl (C=O) groups is 1. The minimum Gasteiger partial charge on any atom is -0.395 e. The maximum Gasteiger partial charge on any atom is 0.586 e. The van der Waals surface area contributed by atoms with E-state index in [1.165, 1.54) is 18.3 Å². The van der Waals surface area contributed by atoms with E-state index in [4.69, 9.17) is 11.6 Å². The fourth-order valence-electron chi connectivity index (χ4n) is 2.43. The normalized spacial score (nSPS) is 15.1. The average molecular weight is 337 g/mol. The monoisotopic (exact) mass is 336 g/mol. The molecule has 0 radical (unpaired) electrons. The maximum atomic E-state index is 13.1. The van der Waals surface area contributed by atoms with Crippen LogP contribution in [0.5, 0.6) is 11.5 Å². The molecule has 3 heterocycles. The first-order chi connectivity index (χ1) is 11.0. The Balaban J connectivity index is 1.86. The summed E-state index contributed by atoms with van der Waals surface area (Å²) in [5, 5.41) is 0.971. The van der Waals surface area contributed by atoms with E-state index in [1.54, 1.807) is 22.9 Å². The summed E-state index contributed by atoms with van der Waals surface area (Å²) in [5.74, 6) is -0.118. The van der Waals surface area contributed by atoms with Gasteiger partial charge in [-0.1, -0.05) is 11.6 Å². The Kier molecular flexibility index (Phi) is 2.83. The van der Waals surface area contributed by atoms with Crippen LogP contribution in [0.4, 0.5) is 8.78 Å². The van der Waals surface area contributed by atoms with Crippen molar-refractivity contribution in [3.05, 3.63) is 47.2 Å². The zero-order chi connectivity index (χ0) is 16.2. The Morgan fingerprint density at radius 3 is 2.78 bits per heavy atom. The first-order valence-electron chi connectivity index (χ1n) is 6.49. The molecule has 2 aromatic heterocycles. The number of hydrogen-bond acceptors (Lipinski definition) is 4. The Bertz CT molecular complexity index is 955. The molecule has 0 spiro atoms. The van der Waals surface area contributed by atoms with Crippen molar-refractivity contribution in [1.82, 2.24) is 9.55 Å². The second-order valence-electron chi connectivity index (χ2n) is 4.90. The lowest BCUT2D eigenvalue weighted by Gasteiger charge is -2.06. The molecule has 0 unspecified atom stereocenters. The smallest absolute Gasteiger partial charge is 0.395 e. The predicted octanol–water partition coefficient (Wildman–Crippen LogP) is 3.81. The highest BCUT2D eigenvalue weighted by Gasteiger charge is 2.43. The molecule has 0 fully saturated rings. The van der Waals surface area contributed by atoms with E-state index in [-0.39, 0.29) is 11.5 Å². The molecule has 23 heavy (non-hydrogen) atoms. The van der Waals surface area contributed by atoms with E-state index in [9.17, 15) is 13.6 Å². The third-order valence-electron chi connectivity index (χ3n) is 3.41. The van der Waals surface area contributed by atoms with Crippen LogP contribution in [-0.2, 0) is 0 Å². The molecule has 1 aliphatic heterocycles. The summed E-state index contributed by atoms with van der Waals surface area (Å²) in [6.45, 7) is 0. The number of rotatable bonds is 2. The number of aromatic nitrogens is 2. The van der Waals surface area contributed by atoms with E-state index >= 15 is 0 Å². The molecule has 3 aromatic rings. The summed E-state index contributed by atoms with van der Waals surface area (Å²) in [7, 11) is 0. The Labute approximate surface area is 133 Å². The van der Waals surface area contributed by atoms with Crippen LogP contribution in [0.3, 0.4) is 0 Å². The number of ether oxygens (including phenoxy) is 2. The van der Waals surface area contributed by atoms with Gasteiger partial charge in [0, 0.05) is 29.4 Å². The molecule has 4 rings (SSSR count). The molecular weight excluding hydrogens is 330 g/mol. The molecule has 0 saturated heterocycles. The van der Waals surface area contributed by atoms with Gasteiger partial charge >= 0.3 is 6.29 Å². The van der Waals surface area contributed by atoms with Gasteiger partial charge < -0.3 is 9.47 Å². The fraction of sp³-hybridized carbons (Fsp3) is 0.0667. The zero-order valence-electron chi connectivity index (χ0n) is 11.3. The maximum absolute atomic E-state index is 13.1. The predicted molar refractivity (Wildman–Crippen MR) is 77.7 cm³/mol. The minimum absolute atomic E-state index is 0.0440. The van der Waals surface area contributed by atoms with Gasteiger partial charge in [0.15, 0.2) is 17.8 Å². The number of alkyl halides is 2. The number of nitrogens with zero attached hydrogens (tertiary/aromatic N) is 2. The SMILES string of the molecule is O=Cc1cnc2c(c1)c(Cl)cn2-c1ccc2c(c1)OC(F)(F)O2. The summed E-state index contributed by atoms with van der Waals surface area (Å²) >= 11 is 6.17. The molecule has 5 nitrogen and oxygen atoms in total. The van der Waals surface area contributed by atoms with Crippen molar-refractivity contribution in [3.63, 3.8) is 0 Å². The largest absolute Gasteiger partial charge is 0.586 e. The van der Waals surface area contributed by atoms with E-state index in [0.29, 0.717) is 33.6 Å². The zero-order valence-corrected chi connectivity index (χ0v) is 12.1. The summed E-state index contributed by atoms with van der Waals surface area (Å²) < 4.78 is 36.6. The van der Waals surface area contributed by atoms with Crippen molar-refractivity contribution in [2.45, 2.75) is 6.29 Å². The highest BCUT2D eigenvalue weighted by atomic mass is 35.5. The number of fused-ring (bicyclic) bond motifs is 2. The summed E-state index contributed by atoms with van der Waals surface area (Å²) in [5.41, 5.74) is 1.40. The molecule has 0 atom stereocenters. The van der Waals surface area contributed by atoms with Gasteiger partial charge in [-0.15, -0.1) is 8.78 Å². The number of benzene rings is 1. The first-order valence-corrected chi connectivity index (χ1v) is 6.87. The van der Waals surface area contributed by atoms with Crippen molar-refractivity contribution in [3.8, 4) is 17.2 Å². The van der Waals surface area contributed by atoms with Crippen molar-refractivity contribution in [2.75, 3.05) is 0 Å². The fourth-order valence-corrected chi connectivity index (χ4v) is 2.67. The second-order valence-corrected chi connectivity index (χ2v) is 5.31. The minimum atomic E-state index is -3.67. The Hall–Kier alpha value is -2.67. The van der Waals surface area contributed by atoms with Gasteiger partial charge in [0.25, 0.3) is 0 Å². The number of pyridine rings is 1. The van der Waals surface area contributed by atoms with Gasteiger partial charge in [0.05, 0.1) is 10.7 Å². The van der Waals surface area contributed by atoms with Crippen LogP contribution in [0.15, 0.2) is 36.7 Å². The van der Waals surface area contributed by atoms with Gasteiger partial charge in [-0.25, -0.2) is 4.98 Å². The Morgan fingerprint density at radius 2 is 2.00 bits per heavy atom. The van der Waals surface area contributed by atoms with Crippen LogP contribution >= 0.6 is 11.6 Å². The van der Waals surface area contributed by atoms with E-state index in [2.05, 4.69) is 14.5 Å². The highest BCUT2D eigenvalue weighted by molar-refractivity contribution is 6.35. The van der Waals surface area contributed by atoms with E-state index in [1.807, 2.05) is 0 Å². The number of carbonyl (C=O) groups excluding carboxylic acids is 1. The quantitative estimate of drug-likeness (QED) is 0.668. The number of aldehydes is 1. The lowest BCUT2D eigenvalue weighted by Crippen LogP contribution is -2.25. The van der Waals surface area contributed by atoms with Crippen molar-refractivity contribution >= 4 is 28.9 Å². The van der Waals surface area contributed by atoms with Gasteiger partial charge in [0.2, 0.25) is 0 Å². The van der Waals surface area contributed by atoms with Crippen LogP contribution in [-0.4, -0.2) is 22.1 Å². The van der Waals surface area contributed by atoms with Crippen molar-refractivity contribution < 1.29 is 23.0 Å². The van der Waals surface area contributed by atoms with Crippen LogP contribution in [0.25, 0.3) is 16.7 Å². The second kappa shape index (κ2) is 4.66. The summed E-state index contributed by atoms with van der Waals surface area (Å²) in [4.78, 5) is 15.0. The van der Waals surface area contributed by atoms with Crippen LogP contribution in [0.1, 0.15) is 10.4 Å². The molecule has 8 heteroatoms. The molecule has 0 saturated carbocycles. The van der Waals surface area contributed by atoms with Crippen molar-refractivity contribution in [1.29, 1.82) is 0 Å². The molecule has 1 aromatic carbocycles. The lowest BCUT2D eigenvalue weighted by molar-refractivity contribution is -0.286. The van der Waals surface area contributed by atoms with Crippen LogP contribution in [0.2, 0.25) is 5.02 Å². The average Bonchev–Trinajstić information content (AvgIpc) is 3.01. The van der Waals surface area contributed by atoms with Gasteiger partial charge in [-0.05, 0) is 18.2 Å². The molecular formula is C15H7ClF2N2O3. The molecule has 0 aliphatic carbocycles. The van der Waals surface area contributed by atoms with Gasteiger partial charge in [-0.2, -0.15) is 0 Å². The first kappa shape index (κ1) is 14.0. The number of hydrogen-bond donors (Lipinski definition) is 0. The Morgan fingerprint density at radius 1 is 1.22 bits per heavy atom. The molecule has 0 amide bonds. The van der Waals surface area contributed by atoms with Gasteiger partial charge in [0.1, 0.15) is 5.65 Å². The molecule has 0 bridgehead atoms. The summed E-state index contributed by atoms with van der Waals surface area (Å²) in [6, 6.07) is 5.97. The lowest BCUT2D eigenvalue weighted by atomic mass is 10.2. The van der Waals surface area contributed by atoms with Crippen LogP contribution < -0.4 is 9.47 Å². The van der Waals surface area contributed by atoms with Gasteiger partial charge in [-0.3, -0.25) is 9.36 Å². The molecule has 1 aliphatic rings. The highest BCUT2D eigenvalue weighted by Crippen LogP contribution is 2.42. The van der Waals surface area contributed by atoms with Crippen LogP contribution in [0, 0.1) is 0 Å². The third kappa shape index (κ3) is 2.20. The summed E-state index contributed by atoms with van der Waals surface area (Å²) in [6.07, 6.45) is -0.00991.